The molecule has 2 N–H and O–H groups in total. The number of rotatable bonds is 6. The summed E-state index contributed by atoms with van der Waals surface area (Å²) < 4.78 is 5.41. The highest BCUT2D eigenvalue weighted by molar-refractivity contribution is 5.89. The Morgan fingerprint density at radius 2 is 2.24 bits per heavy atom. The minimum atomic E-state index is -0.278. The molecule has 0 spiro atoms. The average Bonchev–Trinajstić information content (AvgIpc) is 2.52. The van der Waals surface area contributed by atoms with Gasteiger partial charge in [-0.05, 0) is 23.8 Å². The number of anilines is 1. The van der Waals surface area contributed by atoms with E-state index in [1.807, 2.05) is 24.3 Å². The maximum atomic E-state index is 11.8. The van der Waals surface area contributed by atoms with Crippen LogP contribution in [-0.4, -0.2) is 17.6 Å². The molecule has 0 aliphatic heterocycles. The Morgan fingerprint density at radius 1 is 1.33 bits per heavy atom. The zero-order valence-electron chi connectivity index (χ0n) is 11.6. The van der Waals surface area contributed by atoms with Crippen LogP contribution in [0.3, 0.4) is 0 Å². The number of pyridine rings is 1. The lowest BCUT2D eigenvalue weighted by Gasteiger charge is -2.09. The molecule has 0 fully saturated rings. The Morgan fingerprint density at radius 3 is 3.00 bits per heavy atom. The normalized spacial score (nSPS) is 9.71. The highest BCUT2D eigenvalue weighted by Gasteiger charge is 2.03. The van der Waals surface area contributed by atoms with Crippen molar-refractivity contribution in [1.82, 2.24) is 10.3 Å². The van der Waals surface area contributed by atoms with E-state index in [2.05, 4.69) is 22.2 Å². The van der Waals surface area contributed by atoms with Crippen molar-refractivity contribution < 1.29 is 9.53 Å². The molecule has 5 heteroatoms. The number of urea groups is 1. The summed E-state index contributed by atoms with van der Waals surface area (Å²) in [6.45, 7) is 4.44. The Balaban J connectivity index is 1.86. The standard InChI is InChI=1S/C16H17N3O2/c1-2-9-21-15-7-3-6-14(10-15)19-16(20)18-12-13-5-4-8-17-11-13/h2-8,10-11H,1,9,12H2,(H2,18,19,20). The van der Waals surface area contributed by atoms with E-state index in [-0.39, 0.29) is 6.03 Å². The third-order valence-corrected chi connectivity index (χ3v) is 2.64. The maximum absolute atomic E-state index is 11.8. The topological polar surface area (TPSA) is 63.2 Å². The Kier molecular flexibility index (Phi) is 5.34. The number of nitrogens with one attached hydrogen (secondary N) is 2. The first-order valence-electron chi connectivity index (χ1n) is 6.55. The summed E-state index contributed by atoms with van der Waals surface area (Å²) in [4.78, 5) is 15.8. The molecule has 0 aliphatic rings. The number of amides is 2. The van der Waals surface area contributed by atoms with Crippen molar-refractivity contribution in [2.45, 2.75) is 6.54 Å². The van der Waals surface area contributed by atoms with Crippen molar-refractivity contribution in [3.05, 3.63) is 67.0 Å². The number of aromatic nitrogens is 1. The highest BCUT2D eigenvalue weighted by atomic mass is 16.5. The van der Waals surface area contributed by atoms with Crippen LogP contribution in [0.5, 0.6) is 5.75 Å². The van der Waals surface area contributed by atoms with Crippen molar-refractivity contribution in [2.24, 2.45) is 0 Å². The van der Waals surface area contributed by atoms with Gasteiger partial charge in [0, 0.05) is 30.7 Å². The number of hydrogen-bond acceptors (Lipinski definition) is 3. The van der Waals surface area contributed by atoms with Crippen LogP contribution in [0.4, 0.5) is 10.5 Å². The van der Waals surface area contributed by atoms with Gasteiger partial charge in [-0.2, -0.15) is 0 Å². The monoisotopic (exact) mass is 283 g/mol. The minimum absolute atomic E-state index is 0.278. The molecule has 0 atom stereocenters. The molecule has 2 amide bonds. The van der Waals surface area contributed by atoms with Crippen LogP contribution in [-0.2, 0) is 6.54 Å². The van der Waals surface area contributed by atoms with E-state index in [1.165, 1.54) is 0 Å². The molecular weight excluding hydrogens is 266 g/mol. The number of nitrogens with zero attached hydrogens (tertiary/aromatic N) is 1. The van der Waals surface area contributed by atoms with Gasteiger partial charge in [0.1, 0.15) is 12.4 Å². The van der Waals surface area contributed by atoms with E-state index in [9.17, 15) is 4.79 Å². The summed E-state index contributed by atoms with van der Waals surface area (Å²) in [5, 5.41) is 5.52. The third-order valence-electron chi connectivity index (χ3n) is 2.64. The van der Waals surface area contributed by atoms with E-state index in [4.69, 9.17) is 4.74 Å². The van der Waals surface area contributed by atoms with Crippen LogP contribution < -0.4 is 15.4 Å². The minimum Gasteiger partial charge on any atom is -0.489 e. The number of hydrogen-bond donors (Lipinski definition) is 2. The SMILES string of the molecule is C=CCOc1cccc(NC(=O)NCc2cccnc2)c1. The predicted octanol–water partition coefficient (Wildman–Crippen LogP) is 2.97. The van der Waals surface area contributed by atoms with E-state index < -0.39 is 0 Å². The average molecular weight is 283 g/mol. The number of carbonyl (C=O) groups excluding carboxylic acids is 1. The molecule has 5 nitrogen and oxygen atoms in total. The smallest absolute Gasteiger partial charge is 0.319 e. The second kappa shape index (κ2) is 7.69. The summed E-state index contributed by atoms with van der Waals surface area (Å²) in [5.41, 5.74) is 1.61. The van der Waals surface area contributed by atoms with Crippen LogP contribution in [0.15, 0.2) is 61.4 Å². The van der Waals surface area contributed by atoms with E-state index in [0.717, 1.165) is 5.56 Å². The van der Waals surface area contributed by atoms with Crippen molar-refractivity contribution in [2.75, 3.05) is 11.9 Å². The Hall–Kier alpha value is -2.82. The number of benzene rings is 1. The molecule has 1 aromatic carbocycles. The molecule has 21 heavy (non-hydrogen) atoms. The van der Waals surface area contributed by atoms with Crippen LogP contribution in [0.2, 0.25) is 0 Å². The van der Waals surface area contributed by atoms with Gasteiger partial charge >= 0.3 is 6.03 Å². The molecule has 0 aliphatic carbocycles. The van der Waals surface area contributed by atoms with Gasteiger partial charge in [0.15, 0.2) is 0 Å². The fraction of sp³-hybridized carbons (Fsp3) is 0.125. The molecule has 0 radical (unpaired) electrons. The van der Waals surface area contributed by atoms with Gasteiger partial charge in [-0.3, -0.25) is 4.98 Å². The first-order chi connectivity index (χ1) is 10.3. The van der Waals surface area contributed by atoms with E-state index >= 15 is 0 Å². The lowest BCUT2D eigenvalue weighted by molar-refractivity contribution is 0.251. The summed E-state index contributed by atoms with van der Waals surface area (Å²) in [5.74, 6) is 0.681. The first kappa shape index (κ1) is 14.6. The van der Waals surface area contributed by atoms with Gasteiger partial charge in [-0.15, -0.1) is 0 Å². The zero-order chi connectivity index (χ0) is 14.9. The summed E-state index contributed by atoms with van der Waals surface area (Å²) >= 11 is 0. The van der Waals surface area contributed by atoms with Gasteiger partial charge in [-0.25, -0.2) is 4.79 Å². The second-order valence-corrected chi connectivity index (χ2v) is 4.30. The van der Waals surface area contributed by atoms with Crippen LogP contribution in [0.1, 0.15) is 5.56 Å². The third kappa shape index (κ3) is 4.99. The van der Waals surface area contributed by atoms with Gasteiger partial charge in [-0.1, -0.05) is 24.8 Å². The lowest BCUT2D eigenvalue weighted by Crippen LogP contribution is -2.28. The van der Waals surface area contributed by atoms with Crippen LogP contribution in [0.25, 0.3) is 0 Å². The fourth-order valence-electron chi connectivity index (χ4n) is 1.68. The molecule has 2 rings (SSSR count). The zero-order valence-corrected chi connectivity index (χ0v) is 11.6. The van der Waals surface area contributed by atoms with Crippen molar-refractivity contribution in [3.8, 4) is 5.75 Å². The molecule has 0 unspecified atom stereocenters. The van der Waals surface area contributed by atoms with Crippen LogP contribution >= 0.6 is 0 Å². The fourth-order valence-corrected chi connectivity index (χ4v) is 1.68. The Labute approximate surface area is 123 Å². The summed E-state index contributed by atoms with van der Waals surface area (Å²) in [6, 6.07) is 10.6. The van der Waals surface area contributed by atoms with Crippen LogP contribution in [0, 0.1) is 0 Å². The highest BCUT2D eigenvalue weighted by Crippen LogP contribution is 2.17. The van der Waals surface area contributed by atoms with Gasteiger partial charge in [0.2, 0.25) is 0 Å². The predicted molar refractivity (Wildman–Crippen MR) is 82.2 cm³/mol. The van der Waals surface area contributed by atoms with Gasteiger partial charge in [0.25, 0.3) is 0 Å². The molecule has 0 saturated heterocycles. The molecule has 108 valence electrons. The van der Waals surface area contributed by atoms with E-state index in [1.54, 1.807) is 30.6 Å². The molecule has 1 aromatic heterocycles. The summed E-state index contributed by atoms with van der Waals surface area (Å²) in [6.07, 6.45) is 5.07. The second-order valence-electron chi connectivity index (χ2n) is 4.30. The van der Waals surface area contributed by atoms with Crippen molar-refractivity contribution in [1.29, 1.82) is 0 Å². The van der Waals surface area contributed by atoms with E-state index in [0.29, 0.717) is 24.6 Å². The van der Waals surface area contributed by atoms with Crippen molar-refractivity contribution >= 4 is 11.7 Å². The summed E-state index contributed by atoms with van der Waals surface area (Å²) in [7, 11) is 0. The largest absolute Gasteiger partial charge is 0.489 e. The van der Waals surface area contributed by atoms with Crippen molar-refractivity contribution in [3.63, 3.8) is 0 Å². The first-order valence-corrected chi connectivity index (χ1v) is 6.55. The lowest BCUT2D eigenvalue weighted by atomic mass is 10.3. The van der Waals surface area contributed by atoms with Gasteiger partial charge < -0.3 is 15.4 Å². The number of ether oxygens (including phenoxy) is 1. The quantitative estimate of drug-likeness (QED) is 0.801. The molecule has 0 saturated carbocycles. The molecule has 1 heterocycles. The van der Waals surface area contributed by atoms with Gasteiger partial charge in [0.05, 0.1) is 0 Å². The molecular formula is C16H17N3O2. The molecule has 2 aromatic rings. The Bertz CT molecular complexity index is 599. The number of carbonyl (C=O) groups is 1. The maximum Gasteiger partial charge on any atom is 0.319 e. The molecule has 0 bridgehead atoms.